The van der Waals surface area contributed by atoms with Crippen LogP contribution < -0.4 is 10.6 Å². The van der Waals surface area contributed by atoms with Crippen molar-refractivity contribution < 1.29 is 13.2 Å². The van der Waals surface area contributed by atoms with Crippen molar-refractivity contribution in [1.82, 2.24) is 5.32 Å². The minimum atomic E-state index is -4.11. The second-order valence-electron chi connectivity index (χ2n) is 4.77. The second-order valence-corrected chi connectivity index (χ2v) is 4.77. The van der Waals surface area contributed by atoms with Gasteiger partial charge in [-0.2, -0.15) is 13.2 Å². The third-order valence-corrected chi connectivity index (χ3v) is 3.08. The molecule has 1 aliphatic heterocycles. The lowest BCUT2D eigenvalue weighted by molar-refractivity contribution is -0.139. The summed E-state index contributed by atoms with van der Waals surface area (Å²) in [4.78, 5) is 0. The third-order valence-electron chi connectivity index (χ3n) is 3.08. The van der Waals surface area contributed by atoms with Crippen molar-refractivity contribution in [3.63, 3.8) is 0 Å². The van der Waals surface area contributed by atoms with E-state index in [0.29, 0.717) is 6.54 Å². The minimum Gasteiger partial charge on any atom is -0.384 e. The van der Waals surface area contributed by atoms with Gasteiger partial charge in [-0.05, 0) is 30.5 Å². The van der Waals surface area contributed by atoms with Crippen LogP contribution in [0.2, 0.25) is 0 Å². The van der Waals surface area contributed by atoms with Gasteiger partial charge in [0.15, 0.2) is 0 Å². The first-order chi connectivity index (χ1) is 8.44. The molecule has 0 amide bonds. The highest BCUT2D eigenvalue weighted by molar-refractivity contribution is 5.56. The van der Waals surface area contributed by atoms with E-state index in [1.165, 1.54) is 5.56 Å². The molecule has 1 aromatic rings. The van der Waals surface area contributed by atoms with Crippen LogP contribution in [0.5, 0.6) is 0 Å². The Bertz CT molecular complexity index is 415. The third kappa shape index (κ3) is 3.63. The fourth-order valence-corrected chi connectivity index (χ4v) is 2.16. The fraction of sp³-hybridized carbons (Fsp3) is 0.538. The summed E-state index contributed by atoms with van der Waals surface area (Å²) in [5, 5.41) is 6.16. The van der Waals surface area contributed by atoms with Gasteiger partial charge in [-0.1, -0.05) is 12.1 Å². The molecule has 0 bridgehead atoms. The Morgan fingerprint density at radius 1 is 1.39 bits per heavy atom. The first kappa shape index (κ1) is 13.2. The number of rotatable bonds is 4. The average Bonchev–Trinajstić information content (AvgIpc) is 2.71. The van der Waals surface area contributed by atoms with E-state index in [2.05, 4.69) is 10.6 Å². The molecule has 5 heteroatoms. The summed E-state index contributed by atoms with van der Waals surface area (Å²) in [6, 6.07) is 5.46. The molecule has 0 saturated carbocycles. The number of halogens is 3. The van der Waals surface area contributed by atoms with Crippen molar-refractivity contribution in [2.75, 3.05) is 11.9 Å². The van der Waals surface area contributed by atoms with Crippen LogP contribution in [0.4, 0.5) is 18.9 Å². The Morgan fingerprint density at radius 3 is 2.89 bits per heavy atom. The molecular weight excluding hydrogens is 241 g/mol. The van der Waals surface area contributed by atoms with Crippen LogP contribution in [0.3, 0.4) is 0 Å². The van der Waals surface area contributed by atoms with Crippen LogP contribution in [0, 0.1) is 0 Å². The molecule has 2 N–H and O–H groups in total. The summed E-state index contributed by atoms with van der Waals surface area (Å²) in [7, 11) is 0. The molecule has 0 aliphatic carbocycles. The maximum atomic E-state index is 12.2. The van der Waals surface area contributed by atoms with Crippen LogP contribution >= 0.6 is 0 Å². The summed E-state index contributed by atoms with van der Waals surface area (Å²) < 4.78 is 36.5. The van der Waals surface area contributed by atoms with Crippen LogP contribution in [0.15, 0.2) is 18.2 Å². The van der Waals surface area contributed by atoms with Crippen molar-refractivity contribution in [3.05, 3.63) is 29.3 Å². The first-order valence-electron chi connectivity index (χ1n) is 6.10. The Kier molecular flexibility index (Phi) is 3.80. The fourth-order valence-electron chi connectivity index (χ4n) is 2.16. The van der Waals surface area contributed by atoms with E-state index >= 15 is 0 Å². The van der Waals surface area contributed by atoms with Gasteiger partial charge in [-0.25, -0.2) is 0 Å². The molecule has 0 saturated heterocycles. The molecule has 18 heavy (non-hydrogen) atoms. The molecule has 100 valence electrons. The zero-order valence-electron chi connectivity index (χ0n) is 10.3. The molecule has 1 atom stereocenters. The van der Waals surface area contributed by atoms with E-state index in [9.17, 15) is 13.2 Å². The monoisotopic (exact) mass is 258 g/mol. The lowest BCUT2D eigenvalue weighted by Crippen LogP contribution is -2.30. The number of benzene rings is 1. The average molecular weight is 258 g/mol. The Morgan fingerprint density at radius 2 is 2.17 bits per heavy atom. The number of fused-ring (bicyclic) bond motifs is 1. The van der Waals surface area contributed by atoms with Gasteiger partial charge in [0.1, 0.15) is 0 Å². The van der Waals surface area contributed by atoms with E-state index in [0.717, 1.165) is 24.2 Å². The molecule has 1 aromatic carbocycles. The largest absolute Gasteiger partial charge is 0.390 e. The molecule has 0 fully saturated rings. The summed E-state index contributed by atoms with van der Waals surface area (Å²) in [6.07, 6.45) is -3.88. The van der Waals surface area contributed by atoms with Crippen LogP contribution in [0.25, 0.3) is 0 Å². The SMILES string of the molecule is CC(CC(F)(F)F)NCc1ccc2c(c1)NCC2. The number of hydrogen-bond donors (Lipinski definition) is 2. The van der Waals surface area contributed by atoms with Crippen molar-refractivity contribution >= 4 is 5.69 Å². The van der Waals surface area contributed by atoms with Gasteiger partial charge in [0, 0.05) is 24.8 Å². The first-order valence-corrected chi connectivity index (χ1v) is 6.10. The van der Waals surface area contributed by atoms with E-state index in [1.54, 1.807) is 6.92 Å². The lowest BCUT2D eigenvalue weighted by atomic mass is 10.1. The lowest BCUT2D eigenvalue weighted by Gasteiger charge is -2.16. The molecule has 0 spiro atoms. The van der Waals surface area contributed by atoms with Gasteiger partial charge in [0.25, 0.3) is 0 Å². The molecule has 2 nitrogen and oxygen atoms in total. The van der Waals surface area contributed by atoms with Crippen LogP contribution in [-0.4, -0.2) is 18.8 Å². The summed E-state index contributed by atoms with van der Waals surface area (Å²) in [6.45, 7) is 2.96. The van der Waals surface area contributed by atoms with E-state index < -0.39 is 18.6 Å². The second kappa shape index (κ2) is 5.18. The highest BCUT2D eigenvalue weighted by atomic mass is 19.4. The molecule has 2 rings (SSSR count). The summed E-state index contributed by atoms with van der Waals surface area (Å²) in [5.74, 6) is 0. The van der Waals surface area contributed by atoms with Crippen molar-refractivity contribution in [2.24, 2.45) is 0 Å². The van der Waals surface area contributed by atoms with E-state index in [4.69, 9.17) is 0 Å². The molecule has 0 radical (unpaired) electrons. The van der Waals surface area contributed by atoms with Gasteiger partial charge in [-0.15, -0.1) is 0 Å². The van der Waals surface area contributed by atoms with Crippen LogP contribution in [0.1, 0.15) is 24.5 Å². The zero-order chi connectivity index (χ0) is 13.2. The summed E-state index contributed by atoms with van der Waals surface area (Å²) >= 11 is 0. The van der Waals surface area contributed by atoms with Crippen molar-refractivity contribution in [3.8, 4) is 0 Å². The number of hydrogen-bond acceptors (Lipinski definition) is 2. The molecule has 1 aliphatic rings. The Hall–Kier alpha value is -1.23. The highest BCUT2D eigenvalue weighted by Crippen LogP contribution is 2.24. The highest BCUT2D eigenvalue weighted by Gasteiger charge is 2.29. The Labute approximate surface area is 105 Å². The minimum absolute atomic E-state index is 0.464. The van der Waals surface area contributed by atoms with Gasteiger partial charge in [0.05, 0.1) is 6.42 Å². The predicted octanol–water partition coefficient (Wildman–Crippen LogP) is 3.09. The predicted molar refractivity (Wildman–Crippen MR) is 65.6 cm³/mol. The molecular formula is C13H17F3N2. The maximum Gasteiger partial charge on any atom is 0.390 e. The molecule has 1 heterocycles. The summed E-state index contributed by atoms with van der Waals surface area (Å²) in [5.41, 5.74) is 3.40. The van der Waals surface area contributed by atoms with Crippen molar-refractivity contribution in [2.45, 2.75) is 38.5 Å². The zero-order valence-corrected chi connectivity index (χ0v) is 10.3. The number of anilines is 1. The molecule has 0 aromatic heterocycles. The topological polar surface area (TPSA) is 24.1 Å². The Balaban J connectivity index is 1.87. The normalized spacial score (nSPS) is 16.2. The van der Waals surface area contributed by atoms with Crippen molar-refractivity contribution in [1.29, 1.82) is 0 Å². The van der Waals surface area contributed by atoms with Crippen LogP contribution in [-0.2, 0) is 13.0 Å². The van der Waals surface area contributed by atoms with E-state index in [-0.39, 0.29) is 0 Å². The smallest absolute Gasteiger partial charge is 0.384 e. The number of alkyl halides is 3. The van der Waals surface area contributed by atoms with Gasteiger partial charge >= 0.3 is 6.18 Å². The van der Waals surface area contributed by atoms with Gasteiger partial charge < -0.3 is 10.6 Å². The van der Waals surface area contributed by atoms with E-state index in [1.807, 2.05) is 18.2 Å². The standard InChI is InChI=1S/C13H17F3N2/c1-9(7-13(14,15)16)18-8-10-2-3-11-4-5-17-12(11)6-10/h2-3,6,9,17-18H,4-5,7-8H2,1H3. The molecule has 1 unspecified atom stereocenters. The van der Waals surface area contributed by atoms with Gasteiger partial charge in [0.2, 0.25) is 0 Å². The maximum absolute atomic E-state index is 12.2. The quantitative estimate of drug-likeness (QED) is 0.867. The number of nitrogens with one attached hydrogen (secondary N) is 2. The van der Waals surface area contributed by atoms with Gasteiger partial charge in [-0.3, -0.25) is 0 Å².